The third-order valence-corrected chi connectivity index (χ3v) is 3.77. The van der Waals surface area contributed by atoms with Crippen molar-refractivity contribution >= 4 is 0 Å². The number of rotatable bonds is 5. The van der Waals surface area contributed by atoms with Crippen molar-refractivity contribution in [2.24, 2.45) is 7.05 Å². The van der Waals surface area contributed by atoms with Crippen LogP contribution in [0.1, 0.15) is 12.1 Å². The van der Waals surface area contributed by atoms with Crippen LogP contribution in [0.5, 0.6) is 5.75 Å². The molecule has 5 heteroatoms. The van der Waals surface area contributed by atoms with Crippen LogP contribution in [0.2, 0.25) is 0 Å². The van der Waals surface area contributed by atoms with E-state index in [0.29, 0.717) is 0 Å². The fraction of sp³-hybridized carbons (Fsp3) is 0.467. The molecule has 106 valence electrons. The van der Waals surface area contributed by atoms with E-state index in [1.807, 2.05) is 30.1 Å². The molecule has 1 atom stereocenters. The second-order valence-corrected chi connectivity index (χ2v) is 5.21. The molecule has 0 aliphatic carbocycles. The largest absolute Gasteiger partial charge is 0.487 e. The summed E-state index contributed by atoms with van der Waals surface area (Å²) in [5.41, 5.74) is 1.28. The molecule has 1 aliphatic heterocycles. The van der Waals surface area contributed by atoms with Crippen LogP contribution < -0.4 is 4.74 Å². The average Bonchev–Trinajstić information content (AvgIpc) is 3.07. The monoisotopic (exact) mass is 272 g/mol. The Labute approximate surface area is 119 Å². The van der Waals surface area contributed by atoms with Crippen molar-refractivity contribution in [1.82, 2.24) is 19.7 Å². The molecule has 0 N–H and O–H groups in total. The number of nitrogens with zero attached hydrogens (tertiary/aromatic N) is 4. The van der Waals surface area contributed by atoms with Gasteiger partial charge in [0.25, 0.3) is 0 Å². The minimum atomic E-state index is 0.283. The quantitative estimate of drug-likeness (QED) is 0.827. The number of aryl methyl sites for hydroxylation is 1. The maximum absolute atomic E-state index is 5.94. The zero-order valence-electron chi connectivity index (χ0n) is 11.8. The van der Waals surface area contributed by atoms with Gasteiger partial charge in [0.05, 0.1) is 6.20 Å². The molecular formula is C15H20N4O. The summed E-state index contributed by atoms with van der Waals surface area (Å²) in [6.07, 6.45) is 7.80. The Morgan fingerprint density at radius 2 is 2.30 bits per heavy atom. The molecule has 0 saturated carbocycles. The van der Waals surface area contributed by atoms with Crippen LogP contribution in [0.4, 0.5) is 0 Å². The predicted molar refractivity (Wildman–Crippen MR) is 76.6 cm³/mol. The summed E-state index contributed by atoms with van der Waals surface area (Å²) in [7, 11) is 1.99. The fourth-order valence-electron chi connectivity index (χ4n) is 2.62. The summed E-state index contributed by atoms with van der Waals surface area (Å²) in [5, 5.41) is 4.20. The zero-order valence-corrected chi connectivity index (χ0v) is 11.8. The second kappa shape index (κ2) is 6.05. The van der Waals surface area contributed by atoms with E-state index >= 15 is 0 Å². The van der Waals surface area contributed by atoms with Gasteiger partial charge in [0.2, 0.25) is 0 Å². The van der Waals surface area contributed by atoms with Gasteiger partial charge in [-0.25, -0.2) is 0 Å². The van der Waals surface area contributed by atoms with E-state index in [1.54, 1.807) is 12.4 Å². The average molecular weight is 272 g/mol. The lowest BCUT2D eigenvalue weighted by Crippen LogP contribution is -2.27. The van der Waals surface area contributed by atoms with Gasteiger partial charge in [0.1, 0.15) is 11.9 Å². The first-order valence-corrected chi connectivity index (χ1v) is 7.07. The Morgan fingerprint density at radius 1 is 1.35 bits per heavy atom. The van der Waals surface area contributed by atoms with Crippen molar-refractivity contribution < 1.29 is 4.74 Å². The first-order chi connectivity index (χ1) is 9.81. The van der Waals surface area contributed by atoms with Crippen LogP contribution in [0.15, 0.2) is 36.8 Å². The van der Waals surface area contributed by atoms with Crippen molar-refractivity contribution in [3.05, 3.63) is 42.5 Å². The van der Waals surface area contributed by atoms with Crippen LogP contribution in [-0.2, 0) is 13.5 Å². The van der Waals surface area contributed by atoms with Crippen molar-refractivity contribution in [2.75, 3.05) is 19.6 Å². The predicted octanol–water partition coefficient (Wildman–Crippen LogP) is 1.51. The number of aromatic nitrogens is 3. The highest BCUT2D eigenvalue weighted by atomic mass is 16.5. The normalized spacial score (nSPS) is 19.4. The van der Waals surface area contributed by atoms with Gasteiger partial charge in [-0.1, -0.05) is 0 Å². The van der Waals surface area contributed by atoms with E-state index < -0.39 is 0 Å². The Morgan fingerprint density at radius 3 is 3.05 bits per heavy atom. The summed E-state index contributed by atoms with van der Waals surface area (Å²) in [5.74, 6) is 0.867. The summed E-state index contributed by atoms with van der Waals surface area (Å²) >= 11 is 0. The summed E-state index contributed by atoms with van der Waals surface area (Å²) in [6, 6.07) is 5.95. The van der Waals surface area contributed by atoms with Crippen LogP contribution in [-0.4, -0.2) is 45.4 Å². The van der Waals surface area contributed by atoms with Gasteiger partial charge in [-0.2, -0.15) is 5.10 Å². The van der Waals surface area contributed by atoms with Crippen molar-refractivity contribution in [3.63, 3.8) is 0 Å². The van der Waals surface area contributed by atoms with E-state index in [4.69, 9.17) is 4.74 Å². The van der Waals surface area contributed by atoms with Gasteiger partial charge in [-0.05, 0) is 24.6 Å². The standard InChI is InChI=1S/C15H20N4O/c1-18-13(4-8-17-18)5-9-19-10-6-15(12-19)20-14-3-2-7-16-11-14/h2-4,7-8,11,15H,5-6,9-10,12H2,1H3/t15-/m1/s1. The SMILES string of the molecule is Cn1nccc1CCN1CC[C@@H](Oc2cccnc2)C1. The van der Waals surface area contributed by atoms with Crippen LogP contribution >= 0.6 is 0 Å². The van der Waals surface area contributed by atoms with E-state index in [-0.39, 0.29) is 6.10 Å². The summed E-state index contributed by atoms with van der Waals surface area (Å²) in [6.45, 7) is 3.15. The Kier molecular flexibility index (Phi) is 3.97. The van der Waals surface area contributed by atoms with Crippen molar-refractivity contribution in [2.45, 2.75) is 18.9 Å². The molecule has 3 heterocycles. The minimum absolute atomic E-state index is 0.283. The maximum atomic E-state index is 5.94. The highest BCUT2D eigenvalue weighted by Gasteiger charge is 2.23. The number of ether oxygens (including phenoxy) is 1. The third-order valence-electron chi connectivity index (χ3n) is 3.77. The Bertz CT molecular complexity index is 540. The van der Waals surface area contributed by atoms with Crippen molar-refractivity contribution in [1.29, 1.82) is 0 Å². The zero-order chi connectivity index (χ0) is 13.8. The molecule has 1 saturated heterocycles. The van der Waals surface area contributed by atoms with Crippen molar-refractivity contribution in [3.8, 4) is 5.75 Å². The molecule has 20 heavy (non-hydrogen) atoms. The van der Waals surface area contributed by atoms with Gasteiger partial charge < -0.3 is 4.74 Å². The van der Waals surface area contributed by atoms with Gasteiger partial charge in [0, 0.05) is 51.2 Å². The number of hydrogen-bond donors (Lipinski definition) is 0. The van der Waals surface area contributed by atoms with E-state index in [2.05, 4.69) is 21.0 Å². The summed E-state index contributed by atoms with van der Waals surface area (Å²) < 4.78 is 7.89. The molecule has 0 aromatic carbocycles. The lowest BCUT2D eigenvalue weighted by Gasteiger charge is -2.16. The van der Waals surface area contributed by atoms with Crippen LogP contribution in [0, 0.1) is 0 Å². The number of hydrogen-bond acceptors (Lipinski definition) is 4. The molecule has 5 nitrogen and oxygen atoms in total. The molecule has 3 rings (SSSR count). The van der Waals surface area contributed by atoms with Gasteiger partial charge in [0.15, 0.2) is 0 Å². The molecule has 2 aromatic rings. The topological polar surface area (TPSA) is 43.2 Å². The fourth-order valence-corrected chi connectivity index (χ4v) is 2.62. The smallest absolute Gasteiger partial charge is 0.138 e. The van der Waals surface area contributed by atoms with Gasteiger partial charge in [-0.3, -0.25) is 14.6 Å². The van der Waals surface area contributed by atoms with E-state index in [1.165, 1.54) is 5.69 Å². The molecule has 0 amide bonds. The maximum Gasteiger partial charge on any atom is 0.138 e. The molecule has 0 spiro atoms. The second-order valence-electron chi connectivity index (χ2n) is 5.21. The Hall–Kier alpha value is -1.88. The molecule has 0 bridgehead atoms. The Balaban J connectivity index is 1.46. The lowest BCUT2D eigenvalue weighted by atomic mass is 10.3. The number of pyridine rings is 1. The molecule has 1 fully saturated rings. The van der Waals surface area contributed by atoms with Gasteiger partial charge >= 0.3 is 0 Å². The van der Waals surface area contributed by atoms with Crippen LogP contribution in [0.25, 0.3) is 0 Å². The van der Waals surface area contributed by atoms with E-state index in [0.717, 1.165) is 38.2 Å². The van der Waals surface area contributed by atoms with E-state index in [9.17, 15) is 0 Å². The molecule has 1 aliphatic rings. The third kappa shape index (κ3) is 3.17. The molecule has 0 radical (unpaired) electrons. The minimum Gasteiger partial charge on any atom is -0.487 e. The first kappa shape index (κ1) is 13.1. The first-order valence-electron chi connectivity index (χ1n) is 7.07. The highest BCUT2D eigenvalue weighted by Crippen LogP contribution is 2.17. The molecule has 0 unspecified atom stereocenters. The van der Waals surface area contributed by atoms with Crippen LogP contribution in [0.3, 0.4) is 0 Å². The molecular weight excluding hydrogens is 252 g/mol. The summed E-state index contributed by atoms with van der Waals surface area (Å²) in [4.78, 5) is 6.53. The molecule has 2 aromatic heterocycles. The highest BCUT2D eigenvalue weighted by molar-refractivity contribution is 5.16. The lowest BCUT2D eigenvalue weighted by molar-refractivity contribution is 0.200. The number of likely N-dealkylation sites (tertiary alicyclic amines) is 1. The van der Waals surface area contributed by atoms with Gasteiger partial charge in [-0.15, -0.1) is 0 Å².